The Morgan fingerprint density at radius 1 is 1.59 bits per heavy atom. The van der Waals surface area contributed by atoms with Crippen molar-refractivity contribution in [1.29, 1.82) is 0 Å². The van der Waals surface area contributed by atoms with Crippen molar-refractivity contribution in [2.24, 2.45) is 7.05 Å². The van der Waals surface area contributed by atoms with Gasteiger partial charge in [0.2, 0.25) is 0 Å². The molecule has 1 aromatic heterocycles. The van der Waals surface area contributed by atoms with Crippen LogP contribution in [0.1, 0.15) is 31.4 Å². The van der Waals surface area contributed by atoms with E-state index in [-0.39, 0.29) is 12.5 Å². The summed E-state index contributed by atoms with van der Waals surface area (Å²) in [7, 11) is 1.92. The van der Waals surface area contributed by atoms with E-state index in [1.807, 2.05) is 17.8 Å². The minimum absolute atomic E-state index is 0.177. The Morgan fingerprint density at radius 3 is 3.06 bits per heavy atom. The van der Waals surface area contributed by atoms with Crippen molar-refractivity contribution in [3.05, 3.63) is 18.0 Å². The summed E-state index contributed by atoms with van der Waals surface area (Å²) in [6.45, 7) is 1.79. The van der Waals surface area contributed by atoms with E-state index in [9.17, 15) is 4.79 Å². The van der Waals surface area contributed by atoms with Gasteiger partial charge in [-0.15, -0.1) is 0 Å². The number of likely N-dealkylation sites (tertiary alicyclic amines) is 1. The smallest absolute Gasteiger partial charge is 0.304 e. The van der Waals surface area contributed by atoms with Gasteiger partial charge in [-0.05, 0) is 25.5 Å². The first-order chi connectivity index (χ1) is 8.16. The van der Waals surface area contributed by atoms with Gasteiger partial charge in [-0.25, -0.2) is 0 Å². The third kappa shape index (κ3) is 3.06. The van der Waals surface area contributed by atoms with Crippen LogP contribution in [0.25, 0.3) is 0 Å². The van der Waals surface area contributed by atoms with Gasteiger partial charge in [-0.3, -0.25) is 14.4 Å². The Hall–Kier alpha value is -1.36. The van der Waals surface area contributed by atoms with Gasteiger partial charge in [0, 0.05) is 25.8 Å². The van der Waals surface area contributed by atoms with Crippen LogP contribution in [0.2, 0.25) is 0 Å². The van der Waals surface area contributed by atoms with E-state index in [0.29, 0.717) is 0 Å². The molecular weight excluding hydrogens is 218 g/mol. The predicted molar refractivity (Wildman–Crippen MR) is 63.5 cm³/mol. The number of piperidine rings is 1. The van der Waals surface area contributed by atoms with Gasteiger partial charge in [-0.1, -0.05) is 6.42 Å². The number of carboxylic acids is 1. The number of aryl methyl sites for hydroxylation is 1. The van der Waals surface area contributed by atoms with E-state index in [1.54, 1.807) is 6.20 Å². The lowest BCUT2D eigenvalue weighted by molar-refractivity contribution is -0.138. The van der Waals surface area contributed by atoms with Crippen LogP contribution in [-0.2, 0) is 18.4 Å². The standard InChI is InChI=1S/C12H19N3O2/c1-14-11(5-6-13-14)9-15-7-3-2-4-10(15)8-12(16)17/h5-6,10H,2-4,7-9H2,1H3,(H,16,17). The summed E-state index contributed by atoms with van der Waals surface area (Å²) in [5, 5.41) is 13.1. The lowest BCUT2D eigenvalue weighted by Crippen LogP contribution is -2.40. The third-order valence-electron chi connectivity index (χ3n) is 3.45. The number of hydrogen-bond acceptors (Lipinski definition) is 3. The topological polar surface area (TPSA) is 58.4 Å². The van der Waals surface area contributed by atoms with E-state index in [0.717, 1.165) is 38.0 Å². The van der Waals surface area contributed by atoms with Gasteiger partial charge in [0.05, 0.1) is 12.1 Å². The van der Waals surface area contributed by atoms with Crippen molar-refractivity contribution in [2.45, 2.75) is 38.3 Å². The molecule has 2 rings (SSSR count). The molecule has 1 aromatic rings. The Kier molecular flexibility index (Phi) is 3.78. The maximum absolute atomic E-state index is 10.8. The molecule has 5 nitrogen and oxygen atoms in total. The largest absolute Gasteiger partial charge is 0.481 e. The normalized spacial score (nSPS) is 21.6. The number of rotatable bonds is 4. The molecule has 94 valence electrons. The molecular formula is C12H19N3O2. The average Bonchev–Trinajstić information content (AvgIpc) is 2.67. The van der Waals surface area contributed by atoms with Crippen molar-refractivity contribution in [3.8, 4) is 0 Å². The van der Waals surface area contributed by atoms with Gasteiger partial charge in [0.25, 0.3) is 0 Å². The number of hydrogen-bond donors (Lipinski definition) is 1. The highest BCUT2D eigenvalue weighted by Gasteiger charge is 2.25. The zero-order valence-corrected chi connectivity index (χ0v) is 10.2. The van der Waals surface area contributed by atoms with Gasteiger partial charge in [-0.2, -0.15) is 5.10 Å². The first-order valence-corrected chi connectivity index (χ1v) is 6.09. The first kappa shape index (κ1) is 12.1. The van der Waals surface area contributed by atoms with Crippen LogP contribution >= 0.6 is 0 Å². The number of carbonyl (C=O) groups is 1. The van der Waals surface area contributed by atoms with E-state index in [2.05, 4.69) is 10.00 Å². The third-order valence-corrected chi connectivity index (χ3v) is 3.45. The fourth-order valence-electron chi connectivity index (χ4n) is 2.47. The molecule has 1 N–H and O–H groups in total. The molecule has 0 radical (unpaired) electrons. The molecule has 0 spiro atoms. The van der Waals surface area contributed by atoms with Crippen LogP contribution in [-0.4, -0.2) is 38.3 Å². The zero-order chi connectivity index (χ0) is 12.3. The summed E-state index contributed by atoms with van der Waals surface area (Å²) in [4.78, 5) is 13.1. The fraction of sp³-hybridized carbons (Fsp3) is 0.667. The van der Waals surface area contributed by atoms with E-state index < -0.39 is 5.97 Å². The molecule has 17 heavy (non-hydrogen) atoms. The fourth-order valence-corrected chi connectivity index (χ4v) is 2.47. The Bertz CT molecular complexity index is 389. The number of nitrogens with zero attached hydrogens (tertiary/aromatic N) is 3. The summed E-state index contributed by atoms with van der Waals surface area (Å²) in [6, 6.07) is 2.17. The highest BCUT2D eigenvalue weighted by atomic mass is 16.4. The predicted octanol–water partition coefficient (Wildman–Crippen LogP) is 1.25. The van der Waals surface area contributed by atoms with Gasteiger partial charge in [0.15, 0.2) is 0 Å². The second kappa shape index (κ2) is 5.31. The van der Waals surface area contributed by atoms with Crippen molar-refractivity contribution >= 4 is 5.97 Å². The maximum Gasteiger partial charge on any atom is 0.304 e. The van der Waals surface area contributed by atoms with Gasteiger partial charge < -0.3 is 5.11 Å². The molecule has 1 fully saturated rings. The quantitative estimate of drug-likeness (QED) is 0.856. The van der Waals surface area contributed by atoms with Gasteiger partial charge >= 0.3 is 5.97 Å². The van der Waals surface area contributed by atoms with E-state index >= 15 is 0 Å². The minimum Gasteiger partial charge on any atom is -0.481 e. The van der Waals surface area contributed by atoms with Crippen molar-refractivity contribution in [3.63, 3.8) is 0 Å². The van der Waals surface area contributed by atoms with Gasteiger partial charge in [0.1, 0.15) is 0 Å². The lowest BCUT2D eigenvalue weighted by atomic mass is 9.99. The molecule has 1 aliphatic heterocycles. The van der Waals surface area contributed by atoms with Crippen molar-refractivity contribution < 1.29 is 9.90 Å². The van der Waals surface area contributed by atoms with Crippen molar-refractivity contribution in [2.75, 3.05) is 6.54 Å². The molecule has 1 aliphatic rings. The number of aromatic nitrogens is 2. The average molecular weight is 237 g/mol. The Labute approximate surface area is 101 Å². The second-order valence-electron chi connectivity index (χ2n) is 4.66. The second-order valence-corrected chi connectivity index (χ2v) is 4.66. The number of aliphatic carboxylic acids is 1. The summed E-state index contributed by atoms with van der Waals surface area (Å²) < 4.78 is 1.85. The highest BCUT2D eigenvalue weighted by Crippen LogP contribution is 2.21. The lowest BCUT2D eigenvalue weighted by Gasteiger charge is -2.34. The van der Waals surface area contributed by atoms with Crippen LogP contribution in [0.15, 0.2) is 12.3 Å². The molecule has 0 amide bonds. The monoisotopic (exact) mass is 237 g/mol. The molecule has 0 aliphatic carbocycles. The summed E-state index contributed by atoms with van der Waals surface area (Å²) in [5.41, 5.74) is 1.14. The Balaban J connectivity index is 2.01. The summed E-state index contributed by atoms with van der Waals surface area (Å²) in [5.74, 6) is -0.702. The van der Waals surface area contributed by atoms with Crippen molar-refractivity contribution in [1.82, 2.24) is 14.7 Å². The van der Waals surface area contributed by atoms with Crippen LogP contribution < -0.4 is 0 Å². The van der Waals surface area contributed by atoms with Crippen LogP contribution in [0, 0.1) is 0 Å². The van der Waals surface area contributed by atoms with E-state index in [4.69, 9.17) is 5.11 Å². The molecule has 0 saturated carbocycles. The zero-order valence-electron chi connectivity index (χ0n) is 10.2. The Morgan fingerprint density at radius 2 is 2.41 bits per heavy atom. The molecule has 1 unspecified atom stereocenters. The van der Waals surface area contributed by atoms with E-state index in [1.165, 1.54) is 0 Å². The maximum atomic E-state index is 10.8. The summed E-state index contributed by atoms with van der Waals surface area (Å²) >= 11 is 0. The number of carboxylic acid groups (broad SMARTS) is 1. The molecule has 5 heteroatoms. The molecule has 0 aromatic carbocycles. The highest BCUT2D eigenvalue weighted by molar-refractivity contribution is 5.67. The molecule has 2 heterocycles. The molecule has 0 bridgehead atoms. The minimum atomic E-state index is -0.702. The van der Waals surface area contributed by atoms with Crippen LogP contribution in [0.3, 0.4) is 0 Å². The van der Waals surface area contributed by atoms with Crippen LogP contribution in [0.4, 0.5) is 0 Å². The molecule has 1 atom stereocenters. The molecule has 1 saturated heterocycles. The first-order valence-electron chi connectivity index (χ1n) is 6.09. The van der Waals surface area contributed by atoms with Crippen LogP contribution in [0.5, 0.6) is 0 Å². The summed E-state index contributed by atoms with van der Waals surface area (Å²) in [6.07, 6.45) is 5.32. The SMILES string of the molecule is Cn1nccc1CN1CCCCC1CC(=O)O.